The fourth-order valence-corrected chi connectivity index (χ4v) is 3.38. The van der Waals surface area contributed by atoms with Crippen molar-refractivity contribution in [3.8, 4) is 11.5 Å². The normalized spacial score (nSPS) is 19.2. The van der Waals surface area contributed by atoms with Crippen molar-refractivity contribution in [2.75, 3.05) is 13.3 Å². The van der Waals surface area contributed by atoms with E-state index >= 15 is 0 Å². The molecule has 1 amide bonds. The minimum atomic E-state index is -0.0143. The first-order chi connectivity index (χ1) is 9.69. The number of hydrogen-bond acceptors (Lipinski definition) is 5. The first kappa shape index (κ1) is 13.5. The average molecular weight is 307 g/mol. The molecule has 20 heavy (non-hydrogen) atoms. The molecule has 0 N–H and O–H groups in total. The molecule has 0 unspecified atom stereocenters. The highest BCUT2D eigenvalue weighted by Gasteiger charge is 2.31. The van der Waals surface area contributed by atoms with E-state index in [4.69, 9.17) is 21.7 Å². The molecule has 104 valence electrons. The van der Waals surface area contributed by atoms with Crippen molar-refractivity contribution in [3.63, 3.8) is 0 Å². The minimum absolute atomic E-state index is 0.0143. The maximum absolute atomic E-state index is 12.2. The Labute approximate surface area is 126 Å². The highest BCUT2D eigenvalue weighted by atomic mass is 32.2. The van der Waals surface area contributed by atoms with Crippen LogP contribution in [0, 0.1) is 0 Å². The number of ether oxygens (including phenoxy) is 2. The zero-order chi connectivity index (χ0) is 14.1. The molecule has 2 heterocycles. The minimum Gasteiger partial charge on any atom is -0.454 e. The number of hydrogen-bond donors (Lipinski definition) is 0. The Morgan fingerprint density at radius 1 is 1.40 bits per heavy atom. The third-order valence-corrected chi connectivity index (χ3v) is 4.39. The van der Waals surface area contributed by atoms with Gasteiger partial charge >= 0.3 is 0 Å². The average Bonchev–Trinajstić information content (AvgIpc) is 2.99. The Morgan fingerprint density at radius 3 is 3.00 bits per heavy atom. The van der Waals surface area contributed by atoms with E-state index in [2.05, 4.69) is 0 Å². The molecule has 0 aliphatic carbocycles. The Hall–Kier alpha value is -1.53. The van der Waals surface area contributed by atoms with Gasteiger partial charge in [-0.1, -0.05) is 37.0 Å². The number of carbonyl (C=O) groups is 1. The summed E-state index contributed by atoms with van der Waals surface area (Å²) in [5.41, 5.74) is 0.909. The van der Waals surface area contributed by atoms with Crippen LogP contribution in [0.25, 0.3) is 6.08 Å². The molecule has 4 nitrogen and oxygen atoms in total. The topological polar surface area (TPSA) is 38.8 Å². The van der Waals surface area contributed by atoms with E-state index in [0.29, 0.717) is 21.5 Å². The van der Waals surface area contributed by atoms with Gasteiger partial charge in [-0.2, -0.15) is 0 Å². The summed E-state index contributed by atoms with van der Waals surface area (Å²) in [5, 5.41) is 0. The summed E-state index contributed by atoms with van der Waals surface area (Å²) in [6.07, 6.45) is 2.74. The van der Waals surface area contributed by atoms with Gasteiger partial charge in [0.2, 0.25) is 6.79 Å². The van der Waals surface area contributed by atoms with Gasteiger partial charge in [-0.3, -0.25) is 9.69 Å². The van der Waals surface area contributed by atoms with E-state index < -0.39 is 0 Å². The van der Waals surface area contributed by atoms with Crippen LogP contribution < -0.4 is 9.47 Å². The highest BCUT2D eigenvalue weighted by Crippen LogP contribution is 2.36. The fourth-order valence-electron chi connectivity index (χ4n) is 2.07. The van der Waals surface area contributed by atoms with Gasteiger partial charge in [0.1, 0.15) is 4.32 Å². The maximum atomic E-state index is 12.2. The van der Waals surface area contributed by atoms with Crippen molar-refractivity contribution in [3.05, 3.63) is 28.7 Å². The van der Waals surface area contributed by atoms with Crippen molar-refractivity contribution in [2.24, 2.45) is 0 Å². The smallest absolute Gasteiger partial charge is 0.266 e. The zero-order valence-corrected chi connectivity index (χ0v) is 12.6. The van der Waals surface area contributed by atoms with Gasteiger partial charge in [-0.25, -0.2) is 0 Å². The second-order valence-corrected chi connectivity index (χ2v) is 6.12. The molecule has 0 spiro atoms. The number of rotatable bonds is 3. The zero-order valence-electron chi connectivity index (χ0n) is 10.9. The molecule has 1 fully saturated rings. The number of nitrogens with zero attached hydrogens (tertiary/aromatic N) is 1. The van der Waals surface area contributed by atoms with Crippen LogP contribution in [0.5, 0.6) is 11.5 Å². The fraction of sp³-hybridized carbons (Fsp3) is 0.286. The maximum Gasteiger partial charge on any atom is 0.266 e. The molecule has 0 aromatic heterocycles. The van der Waals surface area contributed by atoms with E-state index in [1.807, 2.05) is 31.2 Å². The predicted molar refractivity (Wildman–Crippen MR) is 82.7 cm³/mol. The molecular formula is C14H13NO3S2. The monoisotopic (exact) mass is 307 g/mol. The van der Waals surface area contributed by atoms with Crippen molar-refractivity contribution < 1.29 is 14.3 Å². The molecule has 0 bridgehead atoms. The van der Waals surface area contributed by atoms with E-state index in [9.17, 15) is 4.79 Å². The Balaban J connectivity index is 1.86. The molecule has 3 rings (SSSR count). The van der Waals surface area contributed by atoms with Crippen molar-refractivity contribution in [1.29, 1.82) is 0 Å². The lowest BCUT2D eigenvalue weighted by Crippen LogP contribution is -2.28. The standard InChI is InChI=1S/C14H13NO3S2/c1-2-5-15-13(16)12(20-14(15)19)7-9-3-4-10-11(6-9)18-8-17-10/h3-4,6-7H,2,5,8H2,1H3. The molecule has 2 aliphatic heterocycles. The van der Waals surface area contributed by atoms with Crippen LogP contribution in [0.1, 0.15) is 18.9 Å². The van der Waals surface area contributed by atoms with Crippen LogP contribution in [0.15, 0.2) is 23.1 Å². The van der Waals surface area contributed by atoms with E-state index in [0.717, 1.165) is 17.7 Å². The van der Waals surface area contributed by atoms with Crippen LogP contribution in [-0.2, 0) is 4.79 Å². The lowest BCUT2D eigenvalue weighted by molar-refractivity contribution is -0.122. The third-order valence-electron chi connectivity index (χ3n) is 3.02. The molecule has 6 heteroatoms. The molecule has 0 saturated carbocycles. The van der Waals surface area contributed by atoms with Crippen molar-refractivity contribution in [2.45, 2.75) is 13.3 Å². The highest BCUT2D eigenvalue weighted by molar-refractivity contribution is 8.26. The van der Waals surface area contributed by atoms with Crippen molar-refractivity contribution in [1.82, 2.24) is 4.90 Å². The van der Waals surface area contributed by atoms with Crippen LogP contribution in [0.3, 0.4) is 0 Å². The van der Waals surface area contributed by atoms with Gasteiger partial charge in [0, 0.05) is 6.54 Å². The molecule has 1 aromatic rings. The van der Waals surface area contributed by atoms with Gasteiger partial charge in [0.25, 0.3) is 5.91 Å². The molecule has 0 radical (unpaired) electrons. The van der Waals surface area contributed by atoms with Gasteiger partial charge < -0.3 is 9.47 Å². The largest absolute Gasteiger partial charge is 0.454 e. The summed E-state index contributed by atoms with van der Waals surface area (Å²) >= 11 is 6.58. The number of carbonyl (C=O) groups excluding carboxylic acids is 1. The molecule has 2 aliphatic rings. The quantitative estimate of drug-likeness (QED) is 0.634. The lowest BCUT2D eigenvalue weighted by atomic mass is 10.2. The van der Waals surface area contributed by atoms with Gasteiger partial charge in [-0.15, -0.1) is 0 Å². The number of fused-ring (bicyclic) bond motifs is 1. The number of benzene rings is 1. The Kier molecular flexibility index (Phi) is 3.67. The Morgan fingerprint density at radius 2 is 2.20 bits per heavy atom. The predicted octanol–water partition coefficient (Wildman–Crippen LogP) is 3.03. The summed E-state index contributed by atoms with van der Waals surface area (Å²) in [4.78, 5) is 14.5. The van der Waals surface area contributed by atoms with Crippen molar-refractivity contribution >= 4 is 40.3 Å². The lowest BCUT2D eigenvalue weighted by Gasteiger charge is -2.11. The van der Waals surface area contributed by atoms with Crippen LogP contribution in [0.2, 0.25) is 0 Å². The van der Waals surface area contributed by atoms with E-state index in [-0.39, 0.29) is 12.7 Å². The molecule has 1 saturated heterocycles. The number of amides is 1. The number of thiocarbonyl (C=S) groups is 1. The first-order valence-electron chi connectivity index (χ1n) is 6.34. The van der Waals surface area contributed by atoms with Gasteiger partial charge in [0.05, 0.1) is 4.91 Å². The molecular weight excluding hydrogens is 294 g/mol. The van der Waals surface area contributed by atoms with Crippen LogP contribution in [-0.4, -0.2) is 28.5 Å². The number of thioether (sulfide) groups is 1. The summed E-state index contributed by atoms with van der Waals surface area (Å²) in [6.45, 7) is 2.95. The van der Waals surface area contributed by atoms with E-state index in [1.54, 1.807) is 4.90 Å². The SMILES string of the molecule is CCCN1C(=O)C(=Cc2ccc3c(c2)OCO3)SC1=S. The summed E-state index contributed by atoms with van der Waals surface area (Å²) in [5.74, 6) is 1.43. The van der Waals surface area contributed by atoms with Gasteiger partial charge in [0.15, 0.2) is 11.5 Å². The second-order valence-electron chi connectivity index (χ2n) is 4.45. The summed E-state index contributed by atoms with van der Waals surface area (Å²) < 4.78 is 11.2. The van der Waals surface area contributed by atoms with Crippen LogP contribution >= 0.6 is 24.0 Å². The van der Waals surface area contributed by atoms with Crippen LogP contribution in [0.4, 0.5) is 0 Å². The van der Waals surface area contributed by atoms with Gasteiger partial charge in [-0.05, 0) is 30.2 Å². The first-order valence-corrected chi connectivity index (χ1v) is 7.56. The summed E-state index contributed by atoms with van der Waals surface area (Å²) in [7, 11) is 0. The third kappa shape index (κ3) is 2.41. The molecule has 0 atom stereocenters. The Bertz CT molecular complexity index is 612. The molecule has 1 aromatic carbocycles. The van der Waals surface area contributed by atoms with E-state index in [1.165, 1.54) is 11.8 Å². The second kappa shape index (κ2) is 5.46. The summed E-state index contributed by atoms with van der Waals surface area (Å²) in [6, 6.07) is 5.62.